The van der Waals surface area contributed by atoms with Crippen LogP contribution in [0, 0.1) is 6.92 Å². The number of unbranched alkanes of at least 4 members (excludes halogenated alkanes) is 1. The summed E-state index contributed by atoms with van der Waals surface area (Å²) in [6.07, 6.45) is 6.34. The Bertz CT molecular complexity index is 1380. The Kier molecular flexibility index (Phi) is 7.24. The van der Waals surface area contributed by atoms with Gasteiger partial charge in [0.15, 0.2) is 5.56 Å². The highest BCUT2D eigenvalue weighted by atomic mass is 16.5. The number of hydrogen-bond acceptors (Lipinski definition) is 8. The molecule has 0 amide bonds. The van der Waals surface area contributed by atoms with Gasteiger partial charge in [0.1, 0.15) is 17.3 Å². The molecule has 0 unspecified atom stereocenters. The van der Waals surface area contributed by atoms with E-state index < -0.39 is 11.4 Å². The van der Waals surface area contributed by atoms with Gasteiger partial charge < -0.3 is 14.0 Å². The summed E-state index contributed by atoms with van der Waals surface area (Å²) in [5.41, 5.74) is 1.90. The van der Waals surface area contributed by atoms with Gasteiger partial charge in [0.25, 0.3) is 11.4 Å². The SMILES string of the molecule is C/C=C\c1c(Cc2nnc(-c3c(O)nc(CCCC)n([C@@H](C)c4ccccc4)c3=O)o2)noc1C. The van der Waals surface area contributed by atoms with E-state index in [1.807, 2.05) is 63.3 Å². The second-order valence-corrected chi connectivity index (χ2v) is 8.37. The first-order valence-electron chi connectivity index (χ1n) is 11.7. The maximum Gasteiger partial charge on any atom is 0.270 e. The fourth-order valence-corrected chi connectivity index (χ4v) is 4.05. The van der Waals surface area contributed by atoms with Crippen molar-refractivity contribution in [2.45, 2.75) is 59.4 Å². The molecule has 0 saturated carbocycles. The minimum absolute atomic E-state index is 0.0844. The van der Waals surface area contributed by atoms with Crippen LogP contribution in [0.3, 0.4) is 0 Å². The van der Waals surface area contributed by atoms with Crippen molar-refractivity contribution < 1.29 is 14.0 Å². The summed E-state index contributed by atoms with van der Waals surface area (Å²) in [7, 11) is 0. The van der Waals surface area contributed by atoms with Crippen LogP contribution in [0.4, 0.5) is 0 Å². The van der Waals surface area contributed by atoms with E-state index in [-0.39, 0.29) is 29.8 Å². The van der Waals surface area contributed by atoms with Crippen LogP contribution < -0.4 is 5.56 Å². The third-order valence-electron chi connectivity index (χ3n) is 5.91. The molecule has 0 aliphatic heterocycles. The van der Waals surface area contributed by atoms with Gasteiger partial charge in [-0.3, -0.25) is 9.36 Å². The zero-order valence-corrected chi connectivity index (χ0v) is 20.4. The number of hydrogen-bond donors (Lipinski definition) is 1. The summed E-state index contributed by atoms with van der Waals surface area (Å²) in [4.78, 5) is 18.1. The van der Waals surface area contributed by atoms with E-state index in [4.69, 9.17) is 8.94 Å². The van der Waals surface area contributed by atoms with Crippen LogP contribution in [0.5, 0.6) is 5.88 Å². The van der Waals surface area contributed by atoms with Crippen LogP contribution in [0.15, 0.2) is 50.1 Å². The topological polar surface area (TPSA) is 120 Å². The lowest BCUT2D eigenvalue weighted by Crippen LogP contribution is -2.30. The van der Waals surface area contributed by atoms with Crippen molar-refractivity contribution in [3.8, 4) is 17.3 Å². The fourth-order valence-electron chi connectivity index (χ4n) is 4.05. The molecule has 9 nitrogen and oxygen atoms in total. The lowest BCUT2D eigenvalue weighted by Gasteiger charge is -2.20. The molecule has 0 radical (unpaired) electrons. The van der Waals surface area contributed by atoms with E-state index >= 15 is 0 Å². The molecule has 0 aliphatic carbocycles. The quantitative estimate of drug-likeness (QED) is 0.364. The number of nitrogens with zero attached hydrogens (tertiary/aromatic N) is 5. The van der Waals surface area contributed by atoms with Gasteiger partial charge in [-0.15, -0.1) is 10.2 Å². The maximum absolute atomic E-state index is 13.7. The Morgan fingerprint density at radius 3 is 2.69 bits per heavy atom. The minimum atomic E-state index is -0.429. The Morgan fingerprint density at radius 2 is 1.97 bits per heavy atom. The third-order valence-corrected chi connectivity index (χ3v) is 5.91. The Morgan fingerprint density at radius 1 is 1.20 bits per heavy atom. The molecule has 0 aliphatic rings. The molecule has 182 valence electrons. The Balaban J connectivity index is 1.76. The molecule has 4 aromatic rings. The van der Waals surface area contributed by atoms with E-state index in [0.717, 1.165) is 24.0 Å². The van der Waals surface area contributed by atoms with Gasteiger partial charge >= 0.3 is 0 Å². The van der Waals surface area contributed by atoms with Crippen molar-refractivity contribution in [3.05, 3.63) is 81.1 Å². The van der Waals surface area contributed by atoms with Crippen LogP contribution in [-0.4, -0.2) is 30.0 Å². The summed E-state index contributed by atoms with van der Waals surface area (Å²) in [5.74, 6) is 0.942. The molecule has 1 atom stereocenters. The van der Waals surface area contributed by atoms with E-state index in [1.165, 1.54) is 0 Å². The summed E-state index contributed by atoms with van der Waals surface area (Å²) < 4.78 is 12.7. The molecule has 9 heteroatoms. The maximum atomic E-state index is 13.7. The fraction of sp³-hybridized carbons (Fsp3) is 0.346. The first-order valence-corrected chi connectivity index (χ1v) is 11.7. The molecular weight excluding hydrogens is 446 g/mol. The van der Waals surface area contributed by atoms with Crippen molar-refractivity contribution >= 4 is 6.08 Å². The molecule has 3 aromatic heterocycles. The zero-order chi connectivity index (χ0) is 24.9. The first-order chi connectivity index (χ1) is 16.9. The highest BCUT2D eigenvalue weighted by Gasteiger charge is 2.26. The van der Waals surface area contributed by atoms with Gasteiger partial charge in [-0.05, 0) is 32.8 Å². The van der Waals surface area contributed by atoms with E-state index in [2.05, 4.69) is 27.3 Å². The molecule has 1 aromatic carbocycles. The molecule has 0 spiro atoms. The lowest BCUT2D eigenvalue weighted by molar-refractivity contribution is 0.389. The second kappa shape index (κ2) is 10.5. The predicted molar refractivity (Wildman–Crippen MR) is 131 cm³/mol. The van der Waals surface area contributed by atoms with Crippen molar-refractivity contribution in [1.82, 2.24) is 24.9 Å². The molecule has 0 saturated heterocycles. The van der Waals surface area contributed by atoms with Crippen molar-refractivity contribution in [3.63, 3.8) is 0 Å². The number of aryl methyl sites for hydroxylation is 2. The van der Waals surface area contributed by atoms with Crippen LogP contribution in [-0.2, 0) is 12.8 Å². The van der Waals surface area contributed by atoms with Gasteiger partial charge in [-0.1, -0.05) is 61.0 Å². The van der Waals surface area contributed by atoms with Crippen LogP contribution in [0.25, 0.3) is 17.5 Å². The highest BCUT2D eigenvalue weighted by molar-refractivity contribution is 5.58. The number of rotatable bonds is 9. The normalized spacial score (nSPS) is 12.5. The zero-order valence-electron chi connectivity index (χ0n) is 20.4. The summed E-state index contributed by atoms with van der Waals surface area (Å²) in [5, 5.41) is 22.9. The average Bonchev–Trinajstić information content (AvgIpc) is 3.45. The van der Waals surface area contributed by atoms with Gasteiger partial charge in [-0.2, -0.15) is 4.98 Å². The van der Waals surface area contributed by atoms with Gasteiger partial charge in [0.05, 0.1) is 12.5 Å². The van der Waals surface area contributed by atoms with Gasteiger partial charge in [0.2, 0.25) is 11.8 Å². The van der Waals surface area contributed by atoms with Crippen LogP contribution in [0.1, 0.15) is 74.0 Å². The monoisotopic (exact) mass is 475 g/mol. The molecular formula is C26H29N5O4. The molecule has 0 bridgehead atoms. The largest absolute Gasteiger partial charge is 0.493 e. The van der Waals surface area contributed by atoms with Crippen LogP contribution in [0.2, 0.25) is 0 Å². The van der Waals surface area contributed by atoms with Crippen molar-refractivity contribution in [1.29, 1.82) is 0 Å². The highest BCUT2D eigenvalue weighted by Crippen LogP contribution is 2.27. The molecule has 35 heavy (non-hydrogen) atoms. The number of aromatic nitrogens is 5. The Labute approximate surface area is 203 Å². The molecule has 4 rings (SSSR count). The van der Waals surface area contributed by atoms with Gasteiger partial charge in [-0.25, -0.2) is 0 Å². The number of allylic oxidation sites excluding steroid dienone is 1. The lowest BCUT2D eigenvalue weighted by atomic mass is 10.1. The minimum Gasteiger partial charge on any atom is -0.493 e. The standard InChI is InChI=1S/C26H29N5O4/c1-5-7-14-21-27-24(32)23(26(33)31(21)16(3)18-12-9-8-10-13-18)25-29-28-22(34-25)15-20-19(11-6-2)17(4)35-30-20/h6,8-13,16,32H,5,7,14-15H2,1-4H3/b11-6-/t16-/m0/s1. The molecule has 0 fully saturated rings. The Hall–Kier alpha value is -4.01. The smallest absolute Gasteiger partial charge is 0.270 e. The van der Waals surface area contributed by atoms with Gasteiger partial charge in [0, 0.05) is 12.0 Å². The van der Waals surface area contributed by atoms with Crippen LogP contribution >= 0.6 is 0 Å². The predicted octanol–water partition coefficient (Wildman–Crippen LogP) is 4.87. The summed E-state index contributed by atoms with van der Waals surface area (Å²) in [6.45, 7) is 7.73. The molecule has 1 N–H and O–H groups in total. The van der Waals surface area contributed by atoms with E-state index in [0.29, 0.717) is 23.7 Å². The summed E-state index contributed by atoms with van der Waals surface area (Å²) in [6, 6.07) is 9.40. The first kappa shape index (κ1) is 24.1. The van der Waals surface area contributed by atoms with Crippen molar-refractivity contribution in [2.75, 3.05) is 0 Å². The average molecular weight is 476 g/mol. The van der Waals surface area contributed by atoms with E-state index in [1.54, 1.807) is 4.57 Å². The number of aromatic hydroxyl groups is 1. The summed E-state index contributed by atoms with van der Waals surface area (Å²) >= 11 is 0. The second-order valence-electron chi connectivity index (χ2n) is 8.37. The number of benzene rings is 1. The van der Waals surface area contributed by atoms with Crippen molar-refractivity contribution in [2.24, 2.45) is 0 Å². The third kappa shape index (κ3) is 4.94. The molecule has 3 heterocycles. The van der Waals surface area contributed by atoms with E-state index in [9.17, 15) is 9.90 Å².